The van der Waals surface area contributed by atoms with E-state index >= 15 is 0 Å². The Bertz CT molecular complexity index is 1260. The molecule has 34 heavy (non-hydrogen) atoms. The van der Waals surface area contributed by atoms with E-state index in [4.69, 9.17) is 4.74 Å². The summed E-state index contributed by atoms with van der Waals surface area (Å²) in [7, 11) is 0. The van der Waals surface area contributed by atoms with Crippen molar-refractivity contribution in [2.75, 3.05) is 31.5 Å². The summed E-state index contributed by atoms with van der Waals surface area (Å²) < 4.78 is 5.89. The van der Waals surface area contributed by atoms with Crippen LogP contribution in [0.3, 0.4) is 0 Å². The SMILES string of the molecule is CC(C)Oc1cncnc1-c1ccc2nc(Nc3cc(C(C)N4CCNCC4)ccn3)[nH]c2c1. The molecule has 9 heteroatoms. The van der Waals surface area contributed by atoms with Crippen LogP contribution in [0.25, 0.3) is 22.3 Å². The highest BCUT2D eigenvalue weighted by molar-refractivity contribution is 5.84. The van der Waals surface area contributed by atoms with Crippen molar-refractivity contribution in [2.24, 2.45) is 0 Å². The number of ether oxygens (including phenoxy) is 1. The number of nitrogens with zero attached hydrogens (tertiary/aromatic N) is 5. The predicted molar refractivity (Wildman–Crippen MR) is 133 cm³/mol. The van der Waals surface area contributed by atoms with E-state index in [0.29, 0.717) is 17.7 Å². The van der Waals surface area contributed by atoms with Gasteiger partial charge >= 0.3 is 0 Å². The van der Waals surface area contributed by atoms with Crippen LogP contribution in [0.5, 0.6) is 5.75 Å². The maximum Gasteiger partial charge on any atom is 0.206 e. The average Bonchev–Trinajstić information content (AvgIpc) is 3.25. The zero-order valence-corrected chi connectivity index (χ0v) is 19.7. The monoisotopic (exact) mass is 458 g/mol. The maximum atomic E-state index is 5.89. The number of fused-ring (bicyclic) bond motifs is 1. The van der Waals surface area contributed by atoms with Crippen LogP contribution in [-0.2, 0) is 0 Å². The molecule has 0 radical (unpaired) electrons. The summed E-state index contributed by atoms with van der Waals surface area (Å²) in [6, 6.07) is 10.5. The Hall–Kier alpha value is -3.56. The first kappa shape index (κ1) is 22.2. The third-order valence-corrected chi connectivity index (χ3v) is 6.01. The van der Waals surface area contributed by atoms with Crippen LogP contribution >= 0.6 is 0 Å². The third-order valence-electron chi connectivity index (χ3n) is 6.01. The molecular formula is C25H30N8O. The Morgan fingerprint density at radius 3 is 2.74 bits per heavy atom. The number of imidazole rings is 1. The number of piperazine rings is 1. The topological polar surface area (TPSA) is 104 Å². The number of aromatic nitrogens is 5. The second kappa shape index (κ2) is 9.74. The third kappa shape index (κ3) is 4.85. The molecular weight excluding hydrogens is 428 g/mol. The van der Waals surface area contributed by atoms with Crippen LogP contribution < -0.4 is 15.4 Å². The van der Waals surface area contributed by atoms with Crippen molar-refractivity contribution in [3.63, 3.8) is 0 Å². The molecule has 1 atom stereocenters. The second-order valence-corrected chi connectivity index (χ2v) is 8.78. The average molecular weight is 459 g/mol. The van der Waals surface area contributed by atoms with E-state index in [1.807, 2.05) is 38.2 Å². The van der Waals surface area contributed by atoms with Crippen molar-refractivity contribution in [1.82, 2.24) is 35.1 Å². The molecule has 0 bridgehead atoms. The quantitative estimate of drug-likeness (QED) is 0.383. The number of benzene rings is 1. The minimum Gasteiger partial charge on any atom is -0.487 e. The van der Waals surface area contributed by atoms with E-state index in [9.17, 15) is 0 Å². The molecule has 1 aliphatic heterocycles. The number of anilines is 2. The van der Waals surface area contributed by atoms with Crippen LogP contribution in [0.15, 0.2) is 49.1 Å². The molecule has 1 unspecified atom stereocenters. The highest BCUT2D eigenvalue weighted by Crippen LogP contribution is 2.30. The number of aromatic amines is 1. The lowest BCUT2D eigenvalue weighted by molar-refractivity contribution is 0.185. The van der Waals surface area contributed by atoms with E-state index in [0.717, 1.165) is 54.3 Å². The highest BCUT2D eigenvalue weighted by atomic mass is 16.5. The fraction of sp³-hybridized carbons (Fsp3) is 0.360. The lowest BCUT2D eigenvalue weighted by Gasteiger charge is -2.33. The number of H-pyrrole nitrogens is 1. The number of nitrogens with one attached hydrogen (secondary N) is 3. The van der Waals surface area contributed by atoms with Crippen molar-refractivity contribution in [2.45, 2.75) is 32.9 Å². The Kier molecular flexibility index (Phi) is 6.37. The fourth-order valence-electron chi connectivity index (χ4n) is 4.27. The Morgan fingerprint density at radius 2 is 1.91 bits per heavy atom. The van der Waals surface area contributed by atoms with Gasteiger partial charge in [0.25, 0.3) is 0 Å². The molecule has 3 aromatic heterocycles. The van der Waals surface area contributed by atoms with Gasteiger partial charge in [-0.15, -0.1) is 0 Å². The smallest absolute Gasteiger partial charge is 0.206 e. The van der Waals surface area contributed by atoms with Gasteiger partial charge in [0.1, 0.15) is 17.8 Å². The molecule has 4 heterocycles. The van der Waals surface area contributed by atoms with Gasteiger partial charge < -0.3 is 20.4 Å². The van der Waals surface area contributed by atoms with Gasteiger partial charge in [0.15, 0.2) is 5.75 Å². The summed E-state index contributed by atoms with van der Waals surface area (Å²) in [5.74, 6) is 2.07. The number of pyridine rings is 1. The number of hydrogen-bond acceptors (Lipinski definition) is 8. The van der Waals surface area contributed by atoms with Crippen LogP contribution in [0.1, 0.15) is 32.4 Å². The molecule has 3 N–H and O–H groups in total. The molecule has 5 rings (SSSR count). The molecule has 176 valence electrons. The first-order valence-corrected chi connectivity index (χ1v) is 11.7. The Morgan fingerprint density at radius 1 is 1.06 bits per heavy atom. The van der Waals surface area contributed by atoms with Crippen LogP contribution in [0.2, 0.25) is 0 Å². The van der Waals surface area contributed by atoms with Crippen molar-refractivity contribution >= 4 is 22.8 Å². The summed E-state index contributed by atoms with van der Waals surface area (Å²) in [5, 5.41) is 6.74. The molecule has 0 amide bonds. The molecule has 1 aliphatic rings. The van der Waals surface area contributed by atoms with Gasteiger partial charge in [-0.3, -0.25) is 4.90 Å². The van der Waals surface area contributed by atoms with E-state index in [1.54, 1.807) is 6.20 Å². The molecule has 4 aromatic rings. The summed E-state index contributed by atoms with van der Waals surface area (Å²) in [4.78, 5) is 23.6. The summed E-state index contributed by atoms with van der Waals surface area (Å²) in [6.45, 7) is 10.4. The maximum absolute atomic E-state index is 5.89. The van der Waals surface area contributed by atoms with Crippen molar-refractivity contribution in [1.29, 1.82) is 0 Å². The summed E-state index contributed by atoms with van der Waals surface area (Å²) in [6.07, 6.45) is 5.12. The van der Waals surface area contributed by atoms with Crippen LogP contribution in [0, 0.1) is 0 Å². The zero-order chi connectivity index (χ0) is 23.5. The fourth-order valence-corrected chi connectivity index (χ4v) is 4.27. The van der Waals surface area contributed by atoms with E-state index in [1.165, 1.54) is 11.9 Å². The molecule has 1 saturated heterocycles. The molecule has 0 spiro atoms. The van der Waals surface area contributed by atoms with Gasteiger partial charge in [-0.25, -0.2) is 19.9 Å². The minimum atomic E-state index is 0.0361. The minimum absolute atomic E-state index is 0.0361. The van der Waals surface area contributed by atoms with Crippen LogP contribution in [0.4, 0.5) is 11.8 Å². The first-order chi connectivity index (χ1) is 16.6. The lowest BCUT2D eigenvalue weighted by atomic mass is 10.1. The second-order valence-electron chi connectivity index (χ2n) is 8.78. The Balaban J connectivity index is 1.37. The van der Waals surface area contributed by atoms with Crippen LogP contribution in [-0.4, -0.2) is 62.1 Å². The van der Waals surface area contributed by atoms with E-state index < -0.39 is 0 Å². The normalized spacial score (nSPS) is 15.5. The zero-order valence-electron chi connectivity index (χ0n) is 19.7. The van der Waals surface area contributed by atoms with E-state index in [-0.39, 0.29) is 6.10 Å². The number of hydrogen-bond donors (Lipinski definition) is 3. The molecule has 0 saturated carbocycles. The van der Waals surface area contributed by atoms with Gasteiger partial charge in [-0.1, -0.05) is 6.07 Å². The molecule has 1 fully saturated rings. The van der Waals surface area contributed by atoms with Gasteiger partial charge in [0.05, 0.1) is 23.3 Å². The molecule has 9 nitrogen and oxygen atoms in total. The molecule has 0 aliphatic carbocycles. The Labute approximate surface area is 199 Å². The standard InChI is InChI=1S/C25H30N8O/c1-16(2)34-22-14-27-15-29-24(22)19-4-5-20-21(12-19)31-25(30-20)32-23-13-18(6-7-28-23)17(3)33-10-8-26-9-11-33/h4-7,12-17,26H,8-11H2,1-3H3,(H2,28,30,31,32). The van der Waals surface area contributed by atoms with Crippen molar-refractivity contribution < 1.29 is 4.74 Å². The van der Waals surface area contributed by atoms with Crippen molar-refractivity contribution in [3.8, 4) is 17.0 Å². The van der Waals surface area contributed by atoms with Gasteiger partial charge in [0, 0.05) is 44.0 Å². The summed E-state index contributed by atoms with van der Waals surface area (Å²) in [5.41, 5.74) is 4.69. The van der Waals surface area contributed by atoms with Gasteiger partial charge in [-0.2, -0.15) is 0 Å². The van der Waals surface area contributed by atoms with Gasteiger partial charge in [0.2, 0.25) is 5.95 Å². The lowest BCUT2D eigenvalue weighted by Crippen LogP contribution is -2.44. The summed E-state index contributed by atoms with van der Waals surface area (Å²) >= 11 is 0. The number of rotatable bonds is 7. The first-order valence-electron chi connectivity index (χ1n) is 11.7. The highest BCUT2D eigenvalue weighted by Gasteiger charge is 2.18. The predicted octanol–water partition coefficient (Wildman–Crippen LogP) is 3.91. The van der Waals surface area contributed by atoms with E-state index in [2.05, 4.69) is 59.5 Å². The largest absolute Gasteiger partial charge is 0.487 e. The van der Waals surface area contributed by atoms with Gasteiger partial charge in [-0.05, 0) is 50.6 Å². The van der Waals surface area contributed by atoms with Crippen molar-refractivity contribution in [3.05, 3.63) is 54.6 Å². The molecule has 1 aromatic carbocycles.